The van der Waals surface area contributed by atoms with E-state index in [0.717, 1.165) is 56.2 Å². The summed E-state index contributed by atoms with van der Waals surface area (Å²) < 4.78 is 26.1. The molecule has 1 aliphatic rings. The number of carbonyl (C=O) groups excluding carboxylic acids is 1. The predicted octanol–water partition coefficient (Wildman–Crippen LogP) is 4.23. The minimum absolute atomic E-state index is 0.00547. The number of ether oxygens (including phenoxy) is 1. The van der Waals surface area contributed by atoms with Crippen LogP contribution in [0.5, 0.6) is 0 Å². The second-order valence-electron chi connectivity index (χ2n) is 11.8. The van der Waals surface area contributed by atoms with Gasteiger partial charge in [0, 0.05) is 68.8 Å². The van der Waals surface area contributed by atoms with E-state index in [-0.39, 0.29) is 30.0 Å². The van der Waals surface area contributed by atoms with Crippen LogP contribution in [0.3, 0.4) is 0 Å². The maximum atomic E-state index is 14.1. The monoisotopic (exact) mass is 586 g/mol. The number of piperidine rings is 1. The SMILES string of the molecule is COCCCCn1c(C(=O)N(CC(C)C)[C@H]2C[C@@H](CO)CN(C(C)(C)C)C2)nc2ccccc21.CS(=O)(=O)Cl. The Bertz CT molecular complexity index is 1150. The van der Waals surface area contributed by atoms with Gasteiger partial charge in [-0.2, -0.15) is 0 Å². The fourth-order valence-corrected chi connectivity index (χ4v) is 4.98. The summed E-state index contributed by atoms with van der Waals surface area (Å²) in [5.41, 5.74) is 1.84. The first-order valence-electron chi connectivity index (χ1n) is 13.7. The van der Waals surface area contributed by atoms with Crippen LogP contribution in [0, 0.1) is 11.8 Å². The first kappa shape index (κ1) is 33.5. The number of halogens is 1. The third-order valence-electron chi connectivity index (χ3n) is 6.81. The Hall–Kier alpha value is -1.72. The minimum atomic E-state index is -3.19. The van der Waals surface area contributed by atoms with Gasteiger partial charge in [0.05, 0.1) is 17.3 Å². The van der Waals surface area contributed by atoms with E-state index >= 15 is 0 Å². The van der Waals surface area contributed by atoms with Gasteiger partial charge in [0.2, 0.25) is 9.05 Å². The van der Waals surface area contributed by atoms with E-state index in [1.165, 1.54) is 0 Å². The number of imidazole rings is 1. The molecule has 0 saturated carbocycles. The summed E-state index contributed by atoms with van der Waals surface area (Å²) in [6.45, 7) is 14.9. The lowest BCUT2D eigenvalue weighted by Gasteiger charge is -2.47. The van der Waals surface area contributed by atoms with E-state index < -0.39 is 9.05 Å². The molecule has 0 unspecified atom stereocenters. The van der Waals surface area contributed by atoms with Crippen LogP contribution in [0.25, 0.3) is 11.0 Å². The van der Waals surface area contributed by atoms with Crippen LogP contribution >= 0.6 is 10.7 Å². The molecule has 2 aromatic rings. The van der Waals surface area contributed by atoms with Gasteiger partial charge in [-0.15, -0.1) is 0 Å². The van der Waals surface area contributed by atoms with Gasteiger partial charge in [0.1, 0.15) is 0 Å². The Balaban J connectivity index is 0.000000976. The van der Waals surface area contributed by atoms with Gasteiger partial charge in [-0.05, 0) is 64.0 Å². The molecule has 222 valence electrons. The zero-order valence-electron chi connectivity index (χ0n) is 24.6. The van der Waals surface area contributed by atoms with Gasteiger partial charge in [-0.3, -0.25) is 9.69 Å². The van der Waals surface area contributed by atoms with Crippen molar-refractivity contribution in [1.82, 2.24) is 19.4 Å². The number of methoxy groups -OCH3 is 1. The molecule has 1 fully saturated rings. The predicted molar refractivity (Wildman–Crippen MR) is 158 cm³/mol. The summed E-state index contributed by atoms with van der Waals surface area (Å²) >= 11 is 0. The van der Waals surface area contributed by atoms with Crippen LogP contribution in [0.15, 0.2) is 24.3 Å². The highest BCUT2D eigenvalue weighted by Gasteiger charge is 2.38. The second-order valence-corrected chi connectivity index (χ2v) is 14.9. The quantitative estimate of drug-likeness (QED) is 0.328. The highest BCUT2D eigenvalue weighted by atomic mass is 35.7. The first-order valence-corrected chi connectivity index (χ1v) is 16.4. The molecule has 0 radical (unpaired) electrons. The molecule has 0 aliphatic carbocycles. The van der Waals surface area contributed by atoms with Gasteiger partial charge >= 0.3 is 0 Å². The number of hydrogen-bond donors (Lipinski definition) is 1. The Morgan fingerprint density at radius 1 is 1.23 bits per heavy atom. The topological polar surface area (TPSA) is 105 Å². The first-order chi connectivity index (χ1) is 18.2. The van der Waals surface area contributed by atoms with Crippen LogP contribution in [0.4, 0.5) is 0 Å². The maximum Gasteiger partial charge on any atom is 0.290 e. The molecule has 1 aliphatic heterocycles. The molecule has 1 saturated heterocycles. The Kier molecular flexibility index (Phi) is 12.7. The van der Waals surface area contributed by atoms with Crippen molar-refractivity contribution in [2.45, 2.75) is 72.0 Å². The number of benzene rings is 1. The van der Waals surface area contributed by atoms with E-state index in [0.29, 0.717) is 24.9 Å². The number of para-hydroxylation sites is 2. The zero-order chi connectivity index (χ0) is 29.4. The average Bonchev–Trinajstić information content (AvgIpc) is 3.21. The molecule has 1 aromatic carbocycles. The number of aliphatic hydroxyl groups excluding tert-OH is 1. The largest absolute Gasteiger partial charge is 0.396 e. The van der Waals surface area contributed by atoms with Crippen LogP contribution < -0.4 is 0 Å². The fourth-order valence-electron chi connectivity index (χ4n) is 4.98. The Morgan fingerprint density at radius 3 is 2.44 bits per heavy atom. The molecule has 2 heterocycles. The molecule has 1 amide bonds. The lowest BCUT2D eigenvalue weighted by Crippen LogP contribution is -2.58. The Labute approximate surface area is 238 Å². The smallest absolute Gasteiger partial charge is 0.290 e. The number of fused-ring (bicyclic) bond motifs is 1. The number of amides is 1. The maximum absolute atomic E-state index is 14.1. The minimum Gasteiger partial charge on any atom is -0.396 e. The molecule has 0 bridgehead atoms. The number of nitrogens with zero attached hydrogens (tertiary/aromatic N) is 4. The fraction of sp³-hybridized carbons (Fsp3) is 0.714. The highest BCUT2D eigenvalue weighted by Crippen LogP contribution is 2.29. The summed E-state index contributed by atoms with van der Waals surface area (Å²) in [7, 11) is 3.03. The van der Waals surface area contributed by atoms with Crippen molar-refractivity contribution in [2.24, 2.45) is 11.8 Å². The van der Waals surface area contributed by atoms with Crippen molar-refractivity contribution in [2.75, 3.05) is 46.2 Å². The summed E-state index contributed by atoms with van der Waals surface area (Å²) in [6.07, 6.45) is 3.60. The lowest BCUT2D eigenvalue weighted by molar-refractivity contribution is 0.000242. The van der Waals surface area contributed by atoms with Crippen molar-refractivity contribution in [3.63, 3.8) is 0 Å². The van der Waals surface area contributed by atoms with E-state index in [4.69, 9.17) is 9.72 Å². The van der Waals surface area contributed by atoms with Crippen LogP contribution in [0.1, 0.15) is 64.5 Å². The zero-order valence-corrected chi connectivity index (χ0v) is 26.1. The van der Waals surface area contributed by atoms with Crippen LogP contribution in [-0.4, -0.2) is 96.6 Å². The third kappa shape index (κ3) is 10.6. The summed E-state index contributed by atoms with van der Waals surface area (Å²) in [5, 5.41) is 10.0. The highest BCUT2D eigenvalue weighted by molar-refractivity contribution is 8.13. The van der Waals surface area contributed by atoms with Gasteiger partial charge in [-0.25, -0.2) is 13.4 Å². The van der Waals surface area contributed by atoms with Crippen molar-refractivity contribution in [3.8, 4) is 0 Å². The molecule has 1 N–H and O–H groups in total. The van der Waals surface area contributed by atoms with Gasteiger partial charge in [-0.1, -0.05) is 26.0 Å². The normalized spacial score (nSPS) is 18.7. The molecule has 0 spiro atoms. The lowest BCUT2D eigenvalue weighted by atomic mass is 9.89. The number of hydrogen-bond acceptors (Lipinski definition) is 7. The van der Waals surface area contributed by atoms with Crippen molar-refractivity contribution < 1.29 is 23.1 Å². The van der Waals surface area contributed by atoms with Gasteiger partial charge < -0.3 is 19.3 Å². The number of aromatic nitrogens is 2. The van der Waals surface area contributed by atoms with Crippen LogP contribution in [-0.2, 0) is 20.3 Å². The van der Waals surface area contributed by atoms with E-state index in [1.807, 2.05) is 29.2 Å². The molecule has 9 nitrogen and oxygen atoms in total. The van der Waals surface area contributed by atoms with E-state index in [2.05, 4.69) is 54.8 Å². The molecule has 39 heavy (non-hydrogen) atoms. The summed E-state index contributed by atoms with van der Waals surface area (Å²) in [5.74, 6) is 1.01. The Morgan fingerprint density at radius 2 is 1.87 bits per heavy atom. The van der Waals surface area contributed by atoms with Crippen molar-refractivity contribution >= 4 is 36.7 Å². The summed E-state index contributed by atoms with van der Waals surface area (Å²) in [4.78, 5) is 23.4. The van der Waals surface area contributed by atoms with Crippen molar-refractivity contribution in [1.29, 1.82) is 0 Å². The van der Waals surface area contributed by atoms with Gasteiger partial charge in [0.25, 0.3) is 5.91 Å². The summed E-state index contributed by atoms with van der Waals surface area (Å²) in [6, 6.07) is 8.05. The number of carbonyl (C=O) groups is 1. The third-order valence-corrected chi connectivity index (χ3v) is 6.81. The molecule has 3 rings (SSSR count). The average molecular weight is 587 g/mol. The number of likely N-dealkylation sites (tertiary alicyclic amines) is 1. The molecule has 2 atom stereocenters. The molecule has 11 heteroatoms. The second kappa shape index (κ2) is 14.8. The number of rotatable bonds is 10. The standard InChI is InChI=1S/C27H44N4O3.CH3ClO2S/c1-20(2)16-31(22-15-21(19-32)17-29(18-22)27(3,4)5)26(33)25-28-23-11-7-8-12-24(23)30(25)13-9-10-14-34-6;1-5(2,3)4/h7-8,11-12,20-22,32H,9-10,13-19H2,1-6H3;1H3/t21-,22+;/m1./s1. The van der Waals surface area contributed by atoms with E-state index in [1.54, 1.807) is 7.11 Å². The van der Waals surface area contributed by atoms with Gasteiger partial charge in [0.15, 0.2) is 5.82 Å². The molecular formula is C28H47ClN4O5S. The number of aliphatic hydroxyl groups is 1. The number of aryl methyl sites for hydroxylation is 1. The van der Waals surface area contributed by atoms with Crippen molar-refractivity contribution in [3.05, 3.63) is 30.1 Å². The molecular weight excluding hydrogens is 540 g/mol. The van der Waals surface area contributed by atoms with Crippen LogP contribution in [0.2, 0.25) is 0 Å². The van der Waals surface area contributed by atoms with E-state index in [9.17, 15) is 18.3 Å². The molecule has 1 aromatic heterocycles. The number of unbranched alkanes of at least 4 members (excludes halogenated alkanes) is 1.